The number of amides is 1. The molecule has 0 saturated carbocycles. The van der Waals surface area contributed by atoms with E-state index in [-0.39, 0.29) is 5.91 Å². The van der Waals surface area contributed by atoms with Gasteiger partial charge in [0.2, 0.25) is 5.88 Å². The number of hydrogen-bond donors (Lipinski definition) is 0. The summed E-state index contributed by atoms with van der Waals surface area (Å²) in [5.41, 5.74) is 4.18. The number of aryl methyl sites for hydroxylation is 2. The Bertz CT molecular complexity index is 947. The molecule has 0 unspecified atom stereocenters. The van der Waals surface area contributed by atoms with Crippen LogP contribution in [0.5, 0.6) is 5.88 Å². The highest BCUT2D eigenvalue weighted by molar-refractivity contribution is 7.07. The molecular weight excluding hydrogens is 376 g/mol. The van der Waals surface area contributed by atoms with Crippen molar-refractivity contribution in [2.45, 2.75) is 26.7 Å². The van der Waals surface area contributed by atoms with Crippen LogP contribution in [0.25, 0.3) is 5.82 Å². The molecule has 0 spiro atoms. The Morgan fingerprint density at radius 1 is 1.21 bits per heavy atom. The summed E-state index contributed by atoms with van der Waals surface area (Å²) in [6, 6.07) is 3.81. The summed E-state index contributed by atoms with van der Waals surface area (Å²) in [5.74, 6) is 1.65. The Morgan fingerprint density at radius 2 is 2.04 bits per heavy atom. The van der Waals surface area contributed by atoms with Crippen LogP contribution in [0.3, 0.4) is 0 Å². The van der Waals surface area contributed by atoms with Gasteiger partial charge < -0.3 is 9.64 Å². The zero-order valence-electron chi connectivity index (χ0n) is 15.9. The molecule has 8 nitrogen and oxygen atoms in total. The average molecular weight is 398 g/mol. The van der Waals surface area contributed by atoms with E-state index in [1.807, 2.05) is 24.8 Å². The van der Waals surface area contributed by atoms with Gasteiger partial charge in [-0.2, -0.15) is 5.10 Å². The predicted molar refractivity (Wildman–Crippen MR) is 105 cm³/mol. The monoisotopic (exact) mass is 398 g/mol. The Kier molecular flexibility index (Phi) is 5.34. The van der Waals surface area contributed by atoms with Crippen LogP contribution in [0.1, 0.15) is 34.7 Å². The molecule has 28 heavy (non-hydrogen) atoms. The number of likely N-dealkylation sites (tertiary alicyclic amines) is 1. The number of carbonyl (C=O) groups excluding carboxylic acids is 1. The van der Waals surface area contributed by atoms with Crippen LogP contribution < -0.4 is 4.74 Å². The van der Waals surface area contributed by atoms with Gasteiger partial charge in [-0.3, -0.25) is 4.79 Å². The molecule has 0 bridgehead atoms. The van der Waals surface area contributed by atoms with Crippen molar-refractivity contribution < 1.29 is 9.53 Å². The standard InChI is InChI=1S/C19H22N6O2S/c1-13-7-14(2)25(23-13)17-8-18(21-11-20-17)27-9-15-3-5-24(6-4-15)19(26)16-10-28-12-22-16/h7-8,10-12,15H,3-6,9H2,1-2H3. The second-order valence-corrected chi connectivity index (χ2v) is 7.69. The third-order valence-corrected chi connectivity index (χ3v) is 5.46. The zero-order chi connectivity index (χ0) is 19.5. The third-order valence-electron chi connectivity index (χ3n) is 4.87. The summed E-state index contributed by atoms with van der Waals surface area (Å²) in [7, 11) is 0. The van der Waals surface area contributed by atoms with Crippen molar-refractivity contribution in [2.24, 2.45) is 5.92 Å². The minimum Gasteiger partial charge on any atom is -0.477 e. The summed E-state index contributed by atoms with van der Waals surface area (Å²) in [6.07, 6.45) is 3.31. The lowest BCUT2D eigenvalue weighted by molar-refractivity contribution is 0.0654. The van der Waals surface area contributed by atoms with Gasteiger partial charge in [0, 0.05) is 30.2 Å². The lowest BCUT2D eigenvalue weighted by Gasteiger charge is -2.31. The van der Waals surface area contributed by atoms with E-state index in [0.717, 1.165) is 37.3 Å². The molecule has 1 aliphatic rings. The molecule has 0 atom stereocenters. The molecule has 0 radical (unpaired) electrons. The quantitative estimate of drug-likeness (QED) is 0.657. The summed E-state index contributed by atoms with van der Waals surface area (Å²) in [6.45, 7) is 5.97. The van der Waals surface area contributed by atoms with Crippen molar-refractivity contribution in [3.8, 4) is 11.7 Å². The largest absolute Gasteiger partial charge is 0.477 e. The van der Waals surface area contributed by atoms with Crippen molar-refractivity contribution in [2.75, 3.05) is 19.7 Å². The second kappa shape index (κ2) is 8.05. The third kappa shape index (κ3) is 4.04. The average Bonchev–Trinajstić information content (AvgIpc) is 3.36. The first kappa shape index (κ1) is 18.5. The SMILES string of the molecule is Cc1cc(C)n(-c2cc(OCC3CCN(C(=O)c4cscn4)CC3)ncn2)n1. The molecule has 0 aromatic carbocycles. The number of hydrogen-bond acceptors (Lipinski definition) is 7. The van der Waals surface area contributed by atoms with Crippen LogP contribution in [-0.2, 0) is 0 Å². The molecule has 1 fully saturated rings. The van der Waals surface area contributed by atoms with Gasteiger partial charge in [-0.15, -0.1) is 11.3 Å². The van der Waals surface area contributed by atoms with E-state index in [4.69, 9.17) is 4.74 Å². The fourth-order valence-electron chi connectivity index (χ4n) is 3.37. The van der Waals surface area contributed by atoms with Crippen molar-refractivity contribution in [3.63, 3.8) is 0 Å². The van der Waals surface area contributed by atoms with Crippen LogP contribution >= 0.6 is 11.3 Å². The molecule has 9 heteroatoms. The van der Waals surface area contributed by atoms with Crippen LogP contribution in [-0.4, -0.2) is 55.2 Å². The van der Waals surface area contributed by atoms with E-state index in [1.165, 1.54) is 17.7 Å². The predicted octanol–water partition coefficient (Wildman–Crippen LogP) is 2.67. The van der Waals surface area contributed by atoms with Crippen molar-refractivity contribution in [1.29, 1.82) is 0 Å². The van der Waals surface area contributed by atoms with Crippen molar-refractivity contribution in [3.05, 3.63) is 46.4 Å². The minimum absolute atomic E-state index is 0.0194. The van der Waals surface area contributed by atoms with Gasteiger partial charge >= 0.3 is 0 Å². The molecule has 4 heterocycles. The van der Waals surface area contributed by atoms with E-state index < -0.39 is 0 Å². The van der Waals surface area contributed by atoms with Crippen LogP contribution in [0.15, 0.2) is 29.4 Å². The molecule has 0 N–H and O–H groups in total. The fourth-order valence-corrected chi connectivity index (χ4v) is 3.90. The number of thiazole rings is 1. The maximum atomic E-state index is 12.4. The highest BCUT2D eigenvalue weighted by Gasteiger charge is 2.25. The van der Waals surface area contributed by atoms with Gasteiger partial charge in [0.15, 0.2) is 5.82 Å². The molecule has 3 aromatic heterocycles. The van der Waals surface area contributed by atoms with E-state index in [1.54, 1.807) is 21.6 Å². The molecular formula is C19H22N6O2S. The van der Waals surface area contributed by atoms with E-state index in [9.17, 15) is 4.79 Å². The topological polar surface area (TPSA) is 86.0 Å². The van der Waals surface area contributed by atoms with Crippen molar-refractivity contribution >= 4 is 17.2 Å². The minimum atomic E-state index is 0.0194. The smallest absolute Gasteiger partial charge is 0.273 e. The maximum absolute atomic E-state index is 12.4. The first-order valence-electron chi connectivity index (χ1n) is 9.26. The number of nitrogens with zero attached hydrogens (tertiary/aromatic N) is 6. The van der Waals surface area contributed by atoms with Crippen LogP contribution in [0.2, 0.25) is 0 Å². The van der Waals surface area contributed by atoms with Gasteiger partial charge in [-0.25, -0.2) is 19.6 Å². The number of piperidine rings is 1. The van der Waals surface area contributed by atoms with Gasteiger partial charge in [0.05, 0.1) is 17.8 Å². The molecule has 4 rings (SSSR count). The Labute approximate surface area is 167 Å². The van der Waals surface area contributed by atoms with Crippen LogP contribution in [0.4, 0.5) is 0 Å². The summed E-state index contributed by atoms with van der Waals surface area (Å²) < 4.78 is 7.70. The first-order chi connectivity index (χ1) is 13.6. The summed E-state index contributed by atoms with van der Waals surface area (Å²) in [5, 5.41) is 6.25. The lowest BCUT2D eigenvalue weighted by atomic mass is 9.97. The molecule has 0 aliphatic carbocycles. The molecule has 1 saturated heterocycles. The van der Waals surface area contributed by atoms with Gasteiger partial charge in [-0.1, -0.05) is 0 Å². The van der Waals surface area contributed by atoms with E-state index in [2.05, 4.69) is 20.1 Å². The highest BCUT2D eigenvalue weighted by atomic mass is 32.1. The van der Waals surface area contributed by atoms with Gasteiger partial charge in [0.25, 0.3) is 5.91 Å². The molecule has 146 valence electrons. The van der Waals surface area contributed by atoms with Gasteiger partial charge in [-0.05, 0) is 38.7 Å². The number of ether oxygens (including phenoxy) is 1. The molecule has 1 amide bonds. The summed E-state index contributed by atoms with van der Waals surface area (Å²) in [4.78, 5) is 26.9. The Balaban J connectivity index is 1.32. The molecule has 3 aromatic rings. The summed E-state index contributed by atoms with van der Waals surface area (Å²) >= 11 is 1.44. The normalized spacial score (nSPS) is 15.0. The number of rotatable bonds is 5. The van der Waals surface area contributed by atoms with E-state index in [0.29, 0.717) is 29.9 Å². The lowest BCUT2D eigenvalue weighted by Crippen LogP contribution is -2.39. The molecule has 1 aliphatic heterocycles. The fraction of sp³-hybridized carbons (Fsp3) is 0.421. The van der Waals surface area contributed by atoms with Gasteiger partial charge in [0.1, 0.15) is 12.0 Å². The highest BCUT2D eigenvalue weighted by Crippen LogP contribution is 2.21. The Hall–Kier alpha value is -2.81. The Morgan fingerprint density at radius 3 is 2.71 bits per heavy atom. The maximum Gasteiger partial charge on any atom is 0.273 e. The number of carbonyl (C=O) groups is 1. The van der Waals surface area contributed by atoms with Crippen molar-refractivity contribution in [1.82, 2.24) is 29.6 Å². The zero-order valence-corrected chi connectivity index (χ0v) is 16.7. The second-order valence-electron chi connectivity index (χ2n) is 6.97. The first-order valence-corrected chi connectivity index (χ1v) is 10.2. The van der Waals surface area contributed by atoms with E-state index >= 15 is 0 Å². The van der Waals surface area contributed by atoms with Crippen LogP contribution in [0, 0.1) is 19.8 Å². The number of aromatic nitrogens is 5.